The molecule has 1 nitrogen and oxygen atoms in total. The fourth-order valence-electron chi connectivity index (χ4n) is 8.49. The number of benzene rings is 12. The van der Waals surface area contributed by atoms with Crippen molar-refractivity contribution < 1.29 is 27.7 Å². The van der Waals surface area contributed by atoms with E-state index in [1.165, 1.54) is 6.07 Å². The lowest BCUT2D eigenvalue weighted by atomic mass is 9.87. The van der Waals surface area contributed by atoms with Crippen LogP contribution in [-0.2, 0) is 0 Å². The van der Waals surface area contributed by atoms with Gasteiger partial charge in [0.15, 0.2) is 0 Å². The standard InChI is InChI=1S/C56H32O/c1-2-10-51-47(9-1)50-32-41(23-28-52(50)57-51)43-29-42(30-44(31-43)46-25-20-40-18-16-36-6-4-8-38-22-27-49(46)56(40)54(36)38)33-11-13-34(14-12-33)45-24-19-39-17-15-35-5-3-7-37-21-26-48(45)55(39)53(35)37/h1-32H/i3D,4D,5D,6D,7D,8D,15D,16D,17D,18D,19D,20D,21D,22D,24D,25D,26D. The summed E-state index contributed by atoms with van der Waals surface area (Å²) in [5.74, 6) is 0. The lowest BCUT2D eigenvalue weighted by Crippen LogP contribution is -1.90. The Morgan fingerprint density at radius 3 is 1.53 bits per heavy atom. The molecule has 0 amide bonds. The molecule has 12 aromatic carbocycles. The average Bonchev–Trinajstić information content (AvgIpc) is 3.87. The third kappa shape index (κ3) is 4.51. The summed E-state index contributed by atoms with van der Waals surface area (Å²) in [6.45, 7) is 0. The summed E-state index contributed by atoms with van der Waals surface area (Å²) in [5, 5.41) is 2.04. The molecule has 0 fully saturated rings. The van der Waals surface area contributed by atoms with E-state index in [1.807, 2.05) is 60.7 Å². The summed E-state index contributed by atoms with van der Waals surface area (Å²) in [7, 11) is 0. The molecule has 0 atom stereocenters. The monoisotopic (exact) mass is 737 g/mol. The molecule has 13 rings (SSSR count). The van der Waals surface area contributed by atoms with Crippen LogP contribution >= 0.6 is 0 Å². The van der Waals surface area contributed by atoms with Gasteiger partial charge in [0.2, 0.25) is 0 Å². The summed E-state index contributed by atoms with van der Waals surface area (Å²) >= 11 is 0. The van der Waals surface area contributed by atoms with Crippen molar-refractivity contribution in [3.8, 4) is 44.5 Å². The Hall–Kier alpha value is -7.48. The minimum atomic E-state index is -0.555. The molecule has 0 spiro atoms. The maximum Gasteiger partial charge on any atom is 0.135 e. The van der Waals surface area contributed by atoms with Gasteiger partial charge in [-0.15, -0.1) is 0 Å². The second kappa shape index (κ2) is 11.5. The summed E-state index contributed by atoms with van der Waals surface area (Å²) in [6, 6.07) is 20.3. The fraction of sp³-hybridized carbons (Fsp3) is 0. The lowest BCUT2D eigenvalue weighted by Gasteiger charge is -2.17. The second-order valence-electron chi connectivity index (χ2n) is 14.3. The molecule has 0 unspecified atom stereocenters. The Kier molecular flexibility index (Phi) is 3.82. The highest BCUT2D eigenvalue weighted by atomic mass is 16.3. The van der Waals surface area contributed by atoms with Crippen LogP contribution in [0.15, 0.2) is 198 Å². The van der Waals surface area contributed by atoms with Crippen molar-refractivity contribution in [1.29, 1.82) is 0 Å². The molecule has 0 bridgehead atoms. The van der Waals surface area contributed by atoms with E-state index in [4.69, 9.17) is 19.5 Å². The number of hydrogen-bond acceptors (Lipinski definition) is 1. The van der Waals surface area contributed by atoms with Crippen molar-refractivity contribution in [1.82, 2.24) is 0 Å². The van der Waals surface area contributed by atoms with E-state index in [0.29, 0.717) is 39.0 Å². The first-order valence-corrected chi connectivity index (χ1v) is 18.4. The van der Waals surface area contributed by atoms with Gasteiger partial charge < -0.3 is 4.42 Å². The molecular weight excluding hydrogens is 689 g/mol. The molecule has 0 aliphatic rings. The van der Waals surface area contributed by atoms with Gasteiger partial charge in [0.1, 0.15) is 11.2 Å². The van der Waals surface area contributed by atoms with Gasteiger partial charge in [0.25, 0.3) is 0 Å². The minimum Gasteiger partial charge on any atom is -0.456 e. The summed E-state index contributed by atoms with van der Waals surface area (Å²) < 4.78 is 159. The van der Waals surface area contributed by atoms with Gasteiger partial charge in [-0.1, -0.05) is 157 Å². The van der Waals surface area contributed by atoms with Crippen LogP contribution in [0.3, 0.4) is 0 Å². The van der Waals surface area contributed by atoms with Gasteiger partial charge in [0.05, 0.1) is 23.3 Å². The summed E-state index contributed by atoms with van der Waals surface area (Å²) in [5.41, 5.74) is 5.12. The number of furan rings is 1. The molecule has 0 N–H and O–H groups in total. The highest BCUT2D eigenvalue weighted by Crippen LogP contribution is 2.43. The first kappa shape index (κ1) is 18.9. The smallest absolute Gasteiger partial charge is 0.135 e. The molecule has 57 heavy (non-hydrogen) atoms. The number of hydrogen-bond donors (Lipinski definition) is 0. The molecule has 0 radical (unpaired) electrons. The predicted molar refractivity (Wildman–Crippen MR) is 243 cm³/mol. The van der Waals surface area contributed by atoms with Crippen molar-refractivity contribution in [3.63, 3.8) is 0 Å². The Balaban J connectivity index is 1.08. The molecular formula is C56H32O. The topological polar surface area (TPSA) is 13.1 Å². The van der Waals surface area contributed by atoms with Gasteiger partial charge in [-0.25, -0.2) is 0 Å². The van der Waals surface area contributed by atoms with E-state index in [2.05, 4.69) is 0 Å². The minimum absolute atomic E-state index is 0.00494. The quantitative estimate of drug-likeness (QED) is 0.164. The van der Waals surface area contributed by atoms with E-state index in [9.17, 15) is 8.22 Å². The van der Waals surface area contributed by atoms with Crippen molar-refractivity contribution in [2.45, 2.75) is 0 Å². The van der Waals surface area contributed by atoms with Gasteiger partial charge in [-0.3, -0.25) is 0 Å². The number of fused-ring (bicyclic) bond motifs is 3. The van der Waals surface area contributed by atoms with Gasteiger partial charge in [0, 0.05) is 10.8 Å². The van der Waals surface area contributed by atoms with E-state index in [-0.39, 0.29) is 99.9 Å². The molecule has 262 valence electrons. The maximum absolute atomic E-state index is 9.61. The average molecular weight is 738 g/mol. The van der Waals surface area contributed by atoms with Crippen LogP contribution in [0.1, 0.15) is 23.3 Å². The normalized spacial score (nSPS) is 16.4. The Morgan fingerprint density at radius 1 is 0.298 bits per heavy atom. The zero-order valence-electron chi connectivity index (χ0n) is 46.6. The van der Waals surface area contributed by atoms with Crippen LogP contribution < -0.4 is 0 Å². The molecule has 13 aromatic rings. The Labute approximate surface area is 352 Å². The van der Waals surface area contributed by atoms with Crippen LogP contribution in [0.4, 0.5) is 0 Å². The highest BCUT2D eigenvalue weighted by Gasteiger charge is 2.17. The first-order chi connectivity index (χ1) is 35.3. The third-order valence-corrected chi connectivity index (χ3v) is 11.2. The highest BCUT2D eigenvalue weighted by molar-refractivity contribution is 6.27. The molecule has 0 saturated heterocycles. The zero-order valence-corrected chi connectivity index (χ0v) is 29.6. The molecule has 1 heterocycles. The SMILES string of the molecule is [2H]c1c(-c2cc(-c3ccc(-c4c([2H])c([2H])c5c([2H])c([2H])c6c([2H])c([2H])c([2H])c7c([2H])c([2H])c4c5c67)cc3)cc(-c3ccc4oc5ccccc5c4c3)c2)c2cc([2H])c3c([2H])c([2H])c([2H])c4c([2H])c([2H])c(c1[2H])c2c34. The molecule has 0 aliphatic carbocycles. The second-order valence-corrected chi connectivity index (χ2v) is 14.3. The van der Waals surface area contributed by atoms with E-state index in [1.54, 1.807) is 24.3 Å². The van der Waals surface area contributed by atoms with Crippen LogP contribution in [0, 0.1) is 0 Å². The summed E-state index contributed by atoms with van der Waals surface area (Å²) in [4.78, 5) is 0. The van der Waals surface area contributed by atoms with Crippen LogP contribution in [0.25, 0.3) is 131 Å². The van der Waals surface area contributed by atoms with Crippen LogP contribution in [0.5, 0.6) is 0 Å². The number of rotatable bonds is 4. The van der Waals surface area contributed by atoms with E-state index < -0.39 is 78.6 Å². The molecule has 1 aromatic heterocycles. The van der Waals surface area contributed by atoms with Gasteiger partial charge >= 0.3 is 0 Å². The van der Waals surface area contributed by atoms with Crippen LogP contribution in [-0.4, -0.2) is 0 Å². The molecule has 0 saturated carbocycles. The lowest BCUT2D eigenvalue weighted by molar-refractivity contribution is 0.669. The van der Waals surface area contributed by atoms with Crippen molar-refractivity contribution in [2.24, 2.45) is 0 Å². The van der Waals surface area contributed by atoms with Gasteiger partial charge in [-0.05, 0) is 146 Å². The predicted octanol–water partition coefficient (Wildman–Crippen LogP) is 16.0. The zero-order chi connectivity index (χ0) is 52.0. The number of para-hydroxylation sites is 1. The first-order valence-electron chi connectivity index (χ1n) is 26.9. The third-order valence-electron chi connectivity index (χ3n) is 11.2. The van der Waals surface area contributed by atoms with Crippen LogP contribution in [0.2, 0.25) is 0 Å². The van der Waals surface area contributed by atoms with Crippen molar-refractivity contribution in [2.75, 3.05) is 0 Å². The largest absolute Gasteiger partial charge is 0.456 e. The fourth-order valence-corrected chi connectivity index (χ4v) is 8.49. The molecule has 1 heteroatoms. The van der Waals surface area contributed by atoms with Gasteiger partial charge in [-0.2, -0.15) is 0 Å². The Bertz CT molecular complexity index is 4710. The molecule has 0 aliphatic heterocycles. The van der Waals surface area contributed by atoms with E-state index in [0.717, 1.165) is 16.3 Å². The Morgan fingerprint density at radius 2 is 0.807 bits per heavy atom. The van der Waals surface area contributed by atoms with Crippen molar-refractivity contribution in [3.05, 3.63) is 194 Å². The summed E-state index contributed by atoms with van der Waals surface area (Å²) in [6.07, 6.45) is 0. The maximum atomic E-state index is 9.61. The van der Waals surface area contributed by atoms with E-state index >= 15 is 0 Å². The van der Waals surface area contributed by atoms with Crippen molar-refractivity contribution >= 4 is 86.6 Å².